The maximum Gasteiger partial charge on any atom is 0.119 e. The van der Waals surface area contributed by atoms with E-state index in [1.54, 1.807) is 0 Å². The van der Waals surface area contributed by atoms with Gasteiger partial charge < -0.3 is 10.1 Å². The summed E-state index contributed by atoms with van der Waals surface area (Å²) in [6.07, 6.45) is 2.05. The lowest BCUT2D eigenvalue weighted by molar-refractivity contribution is 0.308. The standard InChI is InChI=1S/C12H18ClNO/c13-8-4-9-14-10-5-11-15-12-6-2-1-3-7-12/h1-3,6-7,14H,4-5,8-11H2. The summed E-state index contributed by atoms with van der Waals surface area (Å²) < 4.78 is 5.55. The lowest BCUT2D eigenvalue weighted by Gasteiger charge is -2.06. The predicted molar refractivity (Wildman–Crippen MR) is 64.8 cm³/mol. The summed E-state index contributed by atoms with van der Waals surface area (Å²) in [5.41, 5.74) is 0. The van der Waals surface area contributed by atoms with Crippen molar-refractivity contribution in [2.45, 2.75) is 12.8 Å². The average Bonchev–Trinajstić information content (AvgIpc) is 2.29. The molecule has 1 rings (SSSR count). The van der Waals surface area contributed by atoms with E-state index >= 15 is 0 Å². The largest absolute Gasteiger partial charge is 0.494 e. The van der Waals surface area contributed by atoms with Crippen LogP contribution in [-0.2, 0) is 0 Å². The summed E-state index contributed by atoms with van der Waals surface area (Å²) >= 11 is 5.56. The smallest absolute Gasteiger partial charge is 0.119 e. The molecule has 0 saturated heterocycles. The predicted octanol–water partition coefficient (Wildman–Crippen LogP) is 2.67. The van der Waals surface area contributed by atoms with Gasteiger partial charge in [-0.1, -0.05) is 18.2 Å². The quantitative estimate of drug-likeness (QED) is 0.545. The SMILES string of the molecule is ClCCCNCCCOc1ccccc1. The van der Waals surface area contributed by atoms with E-state index in [4.69, 9.17) is 16.3 Å². The van der Waals surface area contributed by atoms with Crippen molar-refractivity contribution in [1.29, 1.82) is 0 Å². The van der Waals surface area contributed by atoms with Gasteiger partial charge in [-0.2, -0.15) is 0 Å². The Balaban J connectivity index is 1.93. The monoisotopic (exact) mass is 227 g/mol. The average molecular weight is 228 g/mol. The molecule has 0 aliphatic heterocycles. The molecule has 1 aromatic carbocycles. The van der Waals surface area contributed by atoms with Crippen LogP contribution in [0.3, 0.4) is 0 Å². The van der Waals surface area contributed by atoms with Crippen molar-refractivity contribution in [1.82, 2.24) is 5.32 Å². The minimum absolute atomic E-state index is 0.730. The number of para-hydroxylation sites is 1. The summed E-state index contributed by atoms with van der Waals surface area (Å²) in [4.78, 5) is 0. The minimum atomic E-state index is 0.730. The van der Waals surface area contributed by atoms with Crippen LogP contribution in [0.5, 0.6) is 5.75 Å². The number of nitrogens with one attached hydrogen (secondary N) is 1. The van der Waals surface area contributed by atoms with Crippen molar-refractivity contribution >= 4 is 11.6 Å². The fourth-order valence-electron chi connectivity index (χ4n) is 1.22. The molecule has 0 atom stereocenters. The van der Waals surface area contributed by atoms with Gasteiger partial charge in [-0.15, -0.1) is 11.6 Å². The number of halogens is 1. The van der Waals surface area contributed by atoms with E-state index < -0.39 is 0 Å². The first kappa shape index (κ1) is 12.3. The molecule has 0 aliphatic carbocycles. The summed E-state index contributed by atoms with van der Waals surface area (Å²) in [5, 5.41) is 3.31. The van der Waals surface area contributed by atoms with Crippen LogP contribution in [-0.4, -0.2) is 25.6 Å². The van der Waals surface area contributed by atoms with Gasteiger partial charge in [0.15, 0.2) is 0 Å². The molecule has 0 bridgehead atoms. The van der Waals surface area contributed by atoms with Crippen molar-refractivity contribution in [3.63, 3.8) is 0 Å². The third-order valence-electron chi connectivity index (χ3n) is 2.00. The molecule has 15 heavy (non-hydrogen) atoms. The van der Waals surface area contributed by atoms with E-state index in [9.17, 15) is 0 Å². The van der Waals surface area contributed by atoms with E-state index in [2.05, 4.69) is 5.32 Å². The molecule has 0 radical (unpaired) electrons. The fourth-order valence-corrected chi connectivity index (χ4v) is 1.35. The minimum Gasteiger partial charge on any atom is -0.494 e. The Morgan fingerprint density at radius 1 is 1.07 bits per heavy atom. The van der Waals surface area contributed by atoms with Gasteiger partial charge in [0.2, 0.25) is 0 Å². The zero-order valence-electron chi connectivity index (χ0n) is 8.92. The van der Waals surface area contributed by atoms with E-state index in [1.165, 1.54) is 0 Å². The first-order chi connectivity index (χ1) is 7.43. The highest BCUT2D eigenvalue weighted by Crippen LogP contribution is 2.07. The molecule has 3 heteroatoms. The Hall–Kier alpha value is -0.730. The summed E-state index contributed by atoms with van der Waals surface area (Å²) in [7, 11) is 0. The van der Waals surface area contributed by atoms with Crippen LogP contribution < -0.4 is 10.1 Å². The highest BCUT2D eigenvalue weighted by molar-refractivity contribution is 6.17. The van der Waals surface area contributed by atoms with Crippen molar-refractivity contribution < 1.29 is 4.74 Å². The van der Waals surface area contributed by atoms with E-state index in [0.717, 1.165) is 44.2 Å². The zero-order chi connectivity index (χ0) is 10.8. The second kappa shape index (κ2) is 8.57. The summed E-state index contributed by atoms with van der Waals surface area (Å²) in [6.45, 7) is 2.75. The van der Waals surface area contributed by atoms with Gasteiger partial charge in [-0.25, -0.2) is 0 Å². The first-order valence-corrected chi connectivity index (χ1v) is 5.91. The molecule has 0 aliphatic rings. The lowest BCUT2D eigenvalue weighted by Crippen LogP contribution is -2.18. The molecule has 0 amide bonds. The molecule has 1 aromatic rings. The van der Waals surface area contributed by atoms with E-state index in [0.29, 0.717) is 0 Å². The topological polar surface area (TPSA) is 21.3 Å². The molecule has 0 aromatic heterocycles. The van der Waals surface area contributed by atoms with Crippen LogP contribution in [0.25, 0.3) is 0 Å². The van der Waals surface area contributed by atoms with Gasteiger partial charge in [0.25, 0.3) is 0 Å². The second-order valence-corrected chi connectivity index (χ2v) is 3.69. The van der Waals surface area contributed by atoms with Gasteiger partial charge >= 0.3 is 0 Å². The van der Waals surface area contributed by atoms with Crippen LogP contribution in [0.15, 0.2) is 30.3 Å². The Kier molecular flexibility index (Phi) is 7.05. The molecule has 0 spiro atoms. The highest BCUT2D eigenvalue weighted by atomic mass is 35.5. The van der Waals surface area contributed by atoms with E-state index in [-0.39, 0.29) is 0 Å². The fraction of sp³-hybridized carbons (Fsp3) is 0.500. The van der Waals surface area contributed by atoms with Crippen LogP contribution in [0.2, 0.25) is 0 Å². The number of ether oxygens (including phenoxy) is 1. The summed E-state index contributed by atoms with van der Waals surface area (Å²) in [5.74, 6) is 1.67. The third-order valence-corrected chi connectivity index (χ3v) is 2.26. The number of alkyl halides is 1. The Labute approximate surface area is 96.6 Å². The zero-order valence-corrected chi connectivity index (χ0v) is 9.67. The number of rotatable bonds is 8. The van der Waals surface area contributed by atoms with Gasteiger partial charge in [-0.3, -0.25) is 0 Å². The van der Waals surface area contributed by atoms with Crippen LogP contribution in [0, 0.1) is 0 Å². The van der Waals surface area contributed by atoms with Crippen molar-refractivity contribution in [2.75, 3.05) is 25.6 Å². The Morgan fingerprint density at radius 3 is 2.53 bits per heavy atom. The van der Waals surface area contributed by atoms with Gasteiger partial charge in [0.1, 0.15) is 5.75 Å². The molecule has 0 saturated carbocycles. The molecule has 84 valence electrons. The Morgan fingerprint density at radius 2 is 1.80 bits per heavy atom. The number of hydrogen-bond acceptors (Lipinski definition) is 2. The van der Waals surface area contributed by atoms with Crippen molar-refractivity contribution in [3.8, 4) is 5.75 Å². The molecular formula is C12H18ClNO. The third kappa shape index (κ3) is 6.37. The Bertz CT molecular complexity index is 241. The lowest BCUT2D eigenvalue weighted by atomic mass is 10.3. The molecule has 0 heterocycles. The van der Waals surface area contributed by atoms with Crippen molar-refractivity contribution in [2.24, 2.45) is 0 Å². The van der Waals surface area contributed by atoms with Crippen molar-refractivity contribution in [3.05, 3.63) is 30.3 Å². The molecule has 2 nitrogen and oxygen atoms in total. The van der Waals surface area contributed by atoms with Gasteiger partial charge in [-0.05, 0) is 38.1 Å². The molecule has 0 unspecified atom stereocenters. The second-order valence-electron chi connectivity index (χ2n) is 3.31. The maximum absolute atomic E-state index is 5.56. The number of hydrogen-bond donors (Lipinski definition) is 1. The highest BCUT2D eigenvalue weighted by Gasteiger charge is 1.91. The molecule has 0 fully saturated rings. The first-order valence-electron chi connectivity index (χ1n) is 5.38. The summed E-state index contributed by atoms with van der Waals surface area (Å²) in [6, 6.07) is 9.89. The van der Waals surface area contributed by atoms with Gasteiger partial charge in [0, 0.05) is 5.88 Å². The molecule has 1 N–H and O–H groups in total. The van der Waals surface area contributed by atoms with Crippen LogP contribution in [0.4, 0.5) is 0 Å². The normalized spacial score (nSPS) is 10.2. The van der Waals surface area contributed by atoms with Crippen LogP contribution in [0.1, 0.15) is 12.8 Å². The van der Waals surface area contributed by atoms with E-state index in [1.807, 2.05) is 30.3 Å². The maximum atomic E-state index is 5.56. The molecular weight excluding hydrogens is 210 g/mol. The number of benzene rings is 1. The van der Waals surface area contributed by atoms with Crippen LogP contribution >= 0.6 is 11.6 Å². The van der Waals surface area contributed by atoms with Gasteiger partial charge in [0.05, 0.1) is 6.61 Å².